The fraction of sp³-hybridized carbons (Fsp3) is 0.150. The van der Waals surface area contributed by atoms with Gasteiger partial charge >= 0.3 is 18.0 Å². The maximum Gasteiger partial charge on any atom is 0.337 e. The van der Waals surface area contributed by atoms with E-state index < -0.39 is 35.6 Å². The van der Waals surface area contributed by atoms with Crippen molar-refractivity contribution in [2.24, 2.45) is 0 Å². The summed E-state index contributed by atoms with van der Waals surface area (Å²) in [5.41, 5.74) is 0.0717. The average molecular weight is 402 g/mol. The average Bonchev–Trinajstić information content (AvgIpc) is 2.67. The molecule has 2 aromatic carbocycles. The lowest BCUT2D eigenvalue weighted by Gasteiger charge is -2.35. The van der Waals surface area contributed by atoms with Gasteiger partial charge in [-0.25, -0.2) is 23.2 Å². The number of anilines is 1. The van der Waals surface area contributed by atoms with Crippen molar-refractivity contribution in [3.05, 3.63) is 76.5 Å². The van der Waals surface area contributed by atoms with Crippen LogP contribution < -0.4 is 10.2 Å². The number of esters is 1. The van der Waals surface area contributed by atoms with Gasteiger partial charge in [0.05, 0.1) is 30.0 Å². The molecule has 0 unspecified atom stereocenters. The van der Waals surface area contributed by atoms with Crippen LogP contribution in [0.4, 0.5) is 19.3 Å². The topological polar surface area (TPSA) is 95.9 Å². The molecular formula is C20H16F2N2O5. The van der Waals surface area contributed by atoms with Crippen molar-refractivity contribution in [1.29, 1.82) is 0 Å². The Kier molecular flexibility index (Phi) is 5.31. The third-order valence-electron chi connectivity index (χ3n) is 4.51. The Hall–Kier alpha value is -3.75. The molecular weight excluding hydrogens is 386 g/mol. The molecule has 1 aliphatic heterocycles. The van der Waals surface area contributed by atoms with E-state index in [9.17, 15) is 28.3 Å². The van der Waals surface area contributed by atoms with Gasteiger partial charge in [-0.15, -0.1) is 0 Å². The van der Waals surface area contributed by atoms with Gasteiger partial charge in [0.2, 0.25) is 0 Å². The summed E-state index contributed by atoms with van der Waals surface area (Å²) in [4.78, 5) is 37.6. The molecule has 0 spiro atoms. The first kappa shape index (κ1) is 20.0. The third-order valence-corrected chi connectivity index (χ3v) is 4.51. The summed E-state index contributed by atoms with van der Waals surface area (Å²) in [6.07, 6.45) is 0. The number of rotatable bonds is 4. The van der Waals surface area contributed by atoms with Crippen molar-refractivity contribution in [2.75, 3.05) is 12.0 Å². The van der Waals surface area contributed by atoms with Gasteiger partial charge in [-0.05, 0) is 31.2 Å². The first-order chi connectivity index (χ1) is 13.7. The van der Waals surface area contributed by atoms with Crippen LogP contribution in [0.25, 0.3) is 0 Å². The molecule has 150 valence electrons. The van der Waals surface area contributed by atoms with Gasteiger partial charge in [0.25, 0.3) is 0 Å². The molecule has 1 aliphatic rings. The van der Waals surface area contributed by atoms with Crippen LogP contribution in [-0.4, -0.2) is 30.2 Å². The highest BCUT2D eigenvalue weighted by molar-refractivity contribution is 6.03. The summed E-state index contributed by atoms with van der Waals surface area (Å²) in [6, 6.07) is 6.41. The van der Waals surface area contributed by atoms with Crippen molar-refractivity contribution < 1.29 is 33.0 Å². The minimum atomic E-state index is -1.21. The molecule has 0 saturated heterocycles. The largest absolute Gasteiger partial charge is 0.478 e. The number of carbonyl (C=O) groups excluding carboxylic acids is 2. The summed E-state index contributed by atoms with van der Waals surface area (Å²) in [7, 11) is 1.13. The Balaban J connectivity index is 2.17. The Labute approximate surface area is 164 Å². The Morgan fingerprint density at radius 3 is 2.52 bits per heavy atom. The van der Waals surface area contributed by atoms with E-state index in [-0.39, 0.29) is 28.1 Å². The molecule has 7 nitrogen and oxygen atoms in total. The van der Waals surface area contributed by atoms with Gasteiger partial charge in [0.1, 0.15) is 11.6 Å². The summed E-state index contributed by atoms with van der Waals surface area (Å²) in [5, 5.41) is 11.7. The molecule has 3 rings (SSSR count). The summed E-state index contributed by atoms with van der Waals surface area (Å²) in [6.45, 7) is 1.45. The minimum Gasteiger partial charge on any atom is -0.478 e. The van der Waals surface area contributed by atoms with Gasteiger partial charge < -0.3 is 15.2 Å². The number of carboxylic acids is 1. The predicted molar refractivity (Wildman–Crippen MR) is 98.2 cm³/mol. The smallest absolute Gasteiger partial charge is 0.337 e. The first-order valence-corrected chi connectivity index (χ1v) is 8.42. The van der Waals surface area contributed by atoms with Gasteiger partial charge in [-0.3, -0.25) is 4.90 Å². The quantitative estimate of drug-likeness (QED) is 0.765. The van der Waals surface area contributed by atoms with Crippen LogP contribution in [0.1, 0.15) is 28.9 Å². The van der Waals surface area contributed by atoms with E-state index in [1.807, 2.05) is 0 Å². The highest BCUT2D eigenvalue weighted by Gasteiger charge is 2.38. The first-order valence-electron chi connectivity index (χ1n) is 8.42. The van der Waals surface area contributed by atoms with E-state index in [0.717, 1.165) is 24.1 Å². The lowest BCUT2D eigenvalue weighted by Crippen LogP contribution is -2.48. The van der Waals surface area contributed by atoms with Gasteiger partial charge in [0.15, 0.2) is 0 Å². The number of nitrogens with one attached hydrogen (secondary N) is 1. The van der Waals surface area contributed by atoms with E-state index in [0.29, 0.717) is 6.07 Å². The van der Waals surface area contributed by atoms with Crippen molar-refractivity contribution in [3.63, 3.8) is 0 Å². The van der Waals surface area contributed by atoms with Crippen LogP contribution in [0, 0.1) is 11.6 Å². The van der Waals surface area contributed by atoms with Gasteiger partial charge in [-0.1, -0.05) is 12.1 Å². The number of benzene rings is 2. The van der Waals surface area contributed by atoms with Crippen LogP contribution in [0.3, 0.4) is 0 Å². The number of methoxy groups -OCH3 is 1. The molecule has 0 fully saturated rings. The molecule has 9 heteroatoms. The highest BCUT2D eigenvalue weighted by Crippen LogP contribution is 2.35. The zero-order valence-electron chi connectivity index (χ0n) is 15.4. The molecule has 2 aromatic rings. The summed E-state index contributed by atoms with van der Waals surface area (Å²) >= 11 is 0. The van der Waals surface area contributed by atoms with Gasteiger partial charge in [-0.2, -0.15) is 0 Å². The monoisotopic (exact) mass is 402 g/mol. The van der Waals surface area contributed by atoms with E-state index >= 15 is 0 Å². The Morgan fingerprint density at radius 2 is 1.90 bits per heavy atom. The number of carbonyl (C=O) groups is 3. The van der Waals surface area contributed by atoms with Crippen molar-refractivity contribution in [3.8, 4) is 0 Å². The minimum absolute atomic E-state index is 0.0607. The Bertz CT molecular complexity index is 1050. The van der Waals surface area contributed by atoms with E-state index in [1.165, 1.54) is 31.2 Å². The third kappa shape index (κ3) is 3.66. The SMILES string of the molecule is COC(=O)C1=C(C)N(c2cccc(C(=O)O)c2)C(=O)N[C@@H]1c1ccc(F)cc1F. The highest BCUT2D eigenvalue weighted by atomic mass is 19.1. The summed E-state index contributed by atoms with van der Waals surface area (Å²) < 4.78 is 32.4. The molecule has 0 aromatic heterocycles. The molecule has 29 heavy (non-hydrogen) atoms. The maximum absolute atomic E-state index is 14.3. The molecule has 1 heterocycles. The zero-order chi connectivity index (χ0) is 21.3. The van der Waals surface area contributed by atoms with Crippen LogP contribution in [0.5, 0.6) is 0 Å². The normalized spacial score (nSPS) is 16.5. The predicted octanol–water partition coefficient (Wildman–Crippen LogP) is 3.38. The molecule has 0 radical (unpaired) electrons. The molecule has 2 amide bonds. The number of urea groups is 1. The fourth-order valence-corrected chi connectivity index (χ4v) is 3.18. The summed E-state index contributed by atoms with van der Waals surface area (Å²) in [5.74, 6) is -3.76. The molecule has 1 atom stereocenters. The van der Waals surface area contributed by atoms with Gasteiger partial charge in [0, 0.05) is 17.3 Å². The van der Waals surface area contributed by atoms with Crippen molar-refractivity contribution >= 4 is 23.7 Å². The second-order valence-electron chi connectivity index (χ2n) is 6.23. The lowest BCUT2D eigenvalue weighted by molar-refractivity contribution is -0.136. The standard InChI is InChI=1S/C20H16F2N2O5/c1-10-16(19(27)29-2)17(14-7-6-12(21)9-15(14)22)23-20(28)24(10)13-5-3-4-11(8-13)18(25)26/h3-9,17H,1-2H3,(H,23,28)(H,25,26)/t17-/m1/s1. The lowest BCUT2D eigenvalue weighted by atomic mass is 9.94. The van der Waals surface area contributed by atoms with Crippen molar-refractivity contribution in [1.82, 2.24) is 5.32 Å². The molecule has 0 bridgehead atoms. The van der Waals surface area contributed by atoms with Crippen LogP contribution >= 0.6 is 0 Å². The number of hydrogen-bond donors (Lipinski definition) is 2. The number of amides is 2. The maximum atomic E-state index is 14.3. The van der Waals surface area contributed by atoms with E-state index in [1.54, 1.807) is 0 Å². The number of allylic oxidation sites excluding steroid dienone is 1. The number of carboxylic acid groups (broad SMARTS) is 1. The van der Waals surface area contributed by atoms with Crippen LogP contribution in [0.15, 0.2) is 53.7 Å². The van der Waals surface area contributed by atoms with Crippen LogP contribution in [-0.2, 0) is 9.53 Å². The Morgan fingerprint density at radius 1 is 1.17 bits per heavy atom. The van der Waals surface area contributed by atoms with Crippen molar-refractivity contribution in [2.45, 2.75) is 13.0 Å². The zero-order valence-corrected chi connectivity index (χ0v) is 15.4. The van der Waals surface area contributed by atoms with E-state index in [2.05, 4.69) is 5.32 Å². The number of nitrogens with zero attached hydrogens (tertiary/aromatic N) is 1. The second kappa shape index (κ2) is 7.70. The number of aromatic carboxylic acids is 1. The fourth-order valence-electron chi connectivity index (χ4n) is 3.18. The number of hydrogen-bond acceptors (Lipinski definition) is 4. The second-order valence-corrected chi connectivity index (χ2v) is 6.23. The van der Waals surface area contributed by atoms with Crippen LogP contribution in [0.2, 0.25) is 0 Å². The molecule has 2 N–H and O–H groups in total. The molecule has 0 aliphatic carbocycles. The number of ether oxygens (including phenoxy) is 1. The molecule has 0 saturated carbocycles. The van der Waals surface area contributed by atoms with E-state index in [4.69, 9.17) is 4.74 Å². The number of halogens is 2.